The normalized spacial score (nSPS) is 12.2. The molecule has 0 bridgehead atoms. The molecule has 0 fully saturated rings. The molecule has 0 unspecified atom stereocenters. The number of hydrogen-bond donors (Lipinski definition) is 0. The second-order valence-corrected chi connectivity index (χ2v) is 10.1. The Labute approximate surface area is 184 Å². The molecule has 31 heavy (non-hydrogen) atoms. The molecule has 3 aromatic rings. The van der Waals surface area contributed by atoms with E-state index in [0.29, 0.717) is 15.8 Å². The molecule has 0 aliphatic rings. The van der Waals surface area contributed by atoms with Crippen molar-refractivity contribution in [3.8, 4) is 0 Å². The monoisotopic (exact) mass is 461 g/mol. The molecule has 0 spiro atoms. The summed E-state index contributed by atoms with van der Waals surface area (Å²) in [5, 5.41) is 0. The van der Waals surface area contributed by atoms with Gasteiger partial charge in [0.15, 0.2) is 14.6 Å². The van der Waals surface area contributed by atoms with Gasteiger partial charge in [0.05, 0.1) is 21.7 Å². The van der Waals surface area contributed by atoms with Gasteiger partial charge >= 0.3 is 5.97 Å². The molecular formula is C21H23N3O5S2. The van der Waals surface area contributed by atoms with Crippen LogP contribution in [0.15, 0.2) is 52.4 Å². The van der Waals surface area contributed by atoms with Gasteiger partial charge in [-0.25, -0.2) is 8.42 Å². The molecule has 0 radical (unpaired) electrons. The number of esters is 1. The van der Waals surface area contributed by atoms with Crippen LogP contribution >= 0.6 is 11.3 Å². The molecule has 0 aliphatic carbocycles. The Morgan fingerprint density at radius 2 is 1.81 bits per heavy atom. The first-order valence-electron chi connectivity index (χ1n) is 9.45. The number of amides is 1. The van der Waals surface area contributed by atoms with Gasteiger partial charge in [0.25, 0.3) is 5.91 Å². The summed E-state index contributed by atoms with van der Waals surface area (Å²) >= 11 is 1.14. The minimum Gasteiger partial charge on any atom is -0.465 e. The zero-order valence-electron chi connectivity index (χ0n) is 17.7. The van der Waals surface area contributed by atoms with Crippen LogP contribution in [-0.4, -0.2) is 51.8 Å². The van der Waals surface area contributed by atoms with Gasteiger partial charge in [0, 0.05) is 31.6 Å². The number of hydrogen-bond acceptors (Lipinski definition) is 7. The van der Waals surface area contributed by atoms with Gasteiger partial charge in [-0.3, -0.25) is 9.59 Å². The van der Waals surface area contributed by atoms with Gasteiger partial charge in [-0.15, -0.1) is 0 Å². The highest BCUT2D eigenvalue weighted by molar-refractivity contribution is 7.90. The number of carbonyl (C=O) groups is 2. The highest BCUT2D eigenvalue weighted by Gasteiger charge is 2.16. The van der Waals surface area contributed by atoms with Crippen LogP contribution in [0.3, 0.4) is 0 Å². The van der Waals surface area contributed by atoms with Crippen molar-refractivity contribution in [2.45, 2.75) is 18.4 Å². The van der Waals surface area contributed by atoms with Crippen LogP contribution in [0, 0.1) is 0 Å². The van der Waals surface area contributed by atoms with Crippen molar-refractivity contribution >= 4 is 49.0 Å². The molecule has 0 atom stereocenters. The number of thiazole rings is 1. The fraction of sp³-hybridized carbons (Fsp3) is 0.286. The first-order valence-corrected chi connectivity index (χ1v) is 12.2. The first-order chi connectivity index (χ1) is 14.6. The summed E-state index contributed by atoms with van der Waals surface area (Å²) in [7, 11) is 0.406. The predicted octanol–water partition coefficient (Wildman–Crippen LogP) is 2.48. The molecule has 8 nitrogen and oxygen atoms in total. The number of fused-ring (bicyclic) bond motifs is 1. The van der Waals surface area contributed by atoms with Crippen LogP contribution in [0.25, 0.3) is 10.2 Å². The Bertz CT molecular complexity index is 1300. The zero-order chi connectivity index (χ0) is 22.8. The predicted molar refractivity (Wildman–Crippen MR) is 120 cm³/mol. The number of aromatic nitrogens is 1. The van der Waals surface area contributed by atoms with Crippen molar-refractivity contribution in [1.82, 2.24) is 4.57 Å². The molecule has 2 aromatic carbocycles. The number of rotatable bonds is 6. The smallest absolute Gasteiger partial charge is 0.326 e. The SMILES string of the molecule is CCOC(=O)Cn1c(=NC(=O)c2ccc(N(C)C)cc2)sc2cc(S(C)(=O)=O)ccc21. The number of nitrogens with zero attached hydrogens (tertiary/aromatic N) is 3. The zero-order valence-corrected chi connectivity index (χ0v) is 19.3. The maximum absolute atomic E-state index is 12.8. The Balaban J connectivity index is 2.11. The van der Waals surface area contributed by atoms with Gasteiger partial charge in [-0.1, -0.05) is 11.3 Å². The van der Waals surface area contributed by atoms with E-state index in [4.69, 9.17) is 4.74 Å². The van der Waals surface area contributed by atoms with Gasteiger partial charge in [-0.05, 0) is 49.4 Å². The molecule has 1 heterocycles. The van der Waals surface area contributed by atoms with Gasteiger partial charge < -0.3 is 14.2 Å². The van der Waals surface area contributed by atoms with Crippen LogP contribution in [0.1, 0.15) is 17.3 Å². The fourth-order valence-corrected chi connectivity index (χ4v) is 4.70. The van der Waals surface area contributed by atoms with E-state index in [1.165, 1.54) is 12.1 Å². The number of ether oxygens (including phenoxy) is 1. The third kappa shape index (κ3) is 5.20. The van der Waals surface area contributed by atoms with Crippen LogP contribution < -0.4 is 9.70 Å². The van der Waals surface area contributed by atoms with E-state index in [1.807, 2.05) is 31.1 Å². The maximum Gasteiger partial charge on any atom is 0.326 e. The summed E-state index contributed by atoms with van der Waals surface area (Å²) in [4.78, 5) is 31.5. The average molecular weight is 462 g/mol. The van der Waals surface area contributed by atoms with E-state index in [-0.39, 0.29) is 22.8 Å². The number of carbonyl (C=O) groups excluding carboxylic acids is 2. The number of benzene rings is 2. The molecule has 0 aliphatic heterocycles. The van der Waals surface area contributed by atoms with Gasteiger partial charge in [0.2, 0.25) is 0 Å². The van der Waals surface area contributed by atoms with E-state index in [9.17, 15) is 18.0 Å². The van der Waals surface area contributed by atoms with E-state index in [0.717, 1.165) is 23.3 Å². The van der Waals surface area contributed by atoms with Gasteiger partial charge in [0.1, 0.15) is 6.54 Å². The van der Waals surface area contributed by atoms with Crippen molar-refractivity contribution in [1.29, 1.82) is 0 Å². The molecule has 0 saturated carbocycles. The van der Waals surface area contributed by atoms with E-state index < -0.39 is 21.7 Å². The third-order valence-corrected chi connectivity index (χ3v) is 6.65. The molecular weight excluding hydrogens is 438 g/mol. The highest BCUT2D eigenvalue weighted by atomic mass is 32.2. The van der Waals surface area contributed by atoms with Crippen molar-refractivity contribution in [2.24, 2.45) is 4.99 Å². The largest absolute Gasteiger partial charge is 0.465 e. The van der Waals surface area contributed by atoms with Crippen LogP contribution in [0.5, 0.6) is 0 Å². The summed E-state index contributed by atoms with van der Waals surface area (Å²) in [5.74, 6) is -0.934. The van der Waals surface area contributed by atoms with Crippen LogP contribution in [0.4, 0.5) is 5.69 Å². The van der Waals surface area contributed by atoms with Crippen molar-refractivity contribution in [3.05, 3.63) is 52.8 Å². The summed E-state index contributed by atoms with van der Waals surface area (Å²) in [6.07, 6.45) is 1.13. The maximum atomic E-state index is 12.8. The van der Waals surface area contributed by atoms with Crippen LogP contribution in [-0.2, 0) is 25.9 Å². The van der Waals surface area contributed by atoms with E-state index in [1.54, 1.807) is 29.7 Å². The summed E-state index contributed by atoms with van der Waals surface area (Å²) in [6, 6.07) is 11.6. The number of anilines is 1. The van der Waals surface area contributed by atoms with Crippen molar-refractivity contribution < 1.29 is 22.7 Å². The number of sulfone groups is 1. The van der Waals surface area contributed by atoms with Crippen molar-refractivity contribution in [3.63, 3.8) is 0 Å². The Kier molecular flexibility index (Phi) is 6.61. The lowest BCUT2D eigenvalue weighted by molar-refractivity contribution is -0.143. The average Bonchev–Trinajstić information content (AvgIpc) is 3.03. The minimum atomic E-state index is -3.40. The molecule has 10 heteroatoms. The van der Waals surface area contributed by atoms with E-state index in [2.05, 4.69) is 4.99 Å². The lowest BCUT2D eigenvalue weighted by Gasteiger charge is -2.11. The second-order valence-electron chi connectivity index (χ2n) is 7.04. The molecule has 3 rings (SSSR count). The highest BCUT2D eigenvalue weighted by Crippen LogP contribution is 2.22. The van der Waals surface area contributed by atoms with E-state index >= 15 is 0 Å². The standard InChI is InChI=1S/C21H23N3O5S2/c1-5-29-19(25)13-24-17-11-10-16(31(4,27)28)12-18(17)30-21(24)22-20(26)14-6-8-15(9-7-14)23(2)3/h6-12H,5,13H2,1-4H3. The quantitative estimate of drug-likeness (QED) is 0.523. The summed E-state index contributed by atoms with van der Waals surface area (Å²) in [5.41, 5.74) is 1.95. The van der Waals surface area contributed by atoms with Crippen LogP contribution in [0.2, 0.25) is 0 Å². The lowest BCUT2D eigenvalue weighted by atomic mass is 10.2. The van der Waals surface area contributed by atoms with Gasteiger partial charge in [-0.2, -0.15) is 4.99 Å². The summed E-state index contributed by atoms with van der Waals surface area (Å²) < 4.78 is 31.0. The molecule has 0 saturated heterocycles. The third-order valence-electron chi connectivity index (χ3n) is 4.50. The first kappa shape index (κ1) is 22.7. The Morgan fingerprint density at radius 1 is 1.13 bits per heavy atom. The lowest BCUT2D eigenvalue weighted by Crippen LogP contribution is -2.23. The fourth-order valence-electron chi connectivity index (χ4n) is 2.91. The Hall–Kier alpha value is -2.98. The molecule has 164 valence electrons. The second kappa shape index (κ2) is 9.03. The topological polar surface area (TPSA) is 98.0 Å². The minimum absolute atomic E-state index is 0.141. The molecule has 1 aromatic heterocycles. The van der Waals surface area contributed by atoms with Crippen molar-refractivity contribution in [2.75, 3.05) is 31.9 Å². The molecule has 1 amide bonds. The Morgan fingerprint density at radius 3 is 2.39 bits per heavy atom. The summed E-state index contributed by atoms with van der Waals surface area (Å²) in [6.45, 7) is 1.79. The molecule has 0 N–H and O–H groups in total.